The predicted octanol–water partition coefficient (Wildman–Crippen LogP) is 11.6. The second-order valence-electron chi connectivity index (χ2n) is 12.3. The minimum Gasteiger partial charge on any atom is -0.234 e. The third-order valence-electron chi connectivity index (χ3n) is 9.11. The summed E-state index contributed by atoms with van der Waals surface area (Å²) in [6, 6.07) is 58.2. The van der Waals surface area contributed by atoms with Crippen LogP contribution in [0.2, 0.25) is 0 Å². The molecule has 0 bridgehead atoms. The molecule has 0 aliphatic heterocycles. The highest BCUT2D eigenvalue weighted by Gasteiger charge is 2.32. The zero-order valence-corrected chi connectivity index (χ0v) is 29.3. The molecule has 4 aromatic heterocycles. The van der Waals surface area contributed by atoms with Crippen LogP contribution in [-0.2, 0) is 0 Å². The van der Waals surface area contributed by atoms with Gasteiger partial charge in [-0.05, 0) is 59.7 Å². The van der Waals surface area contributed by atoms with Gasteiger partial charge in [-0.1, -0.05) is 121 Å². The molecule has 8 heteroatoms. The van der Waals surface area contributed by atoms with Crippen molar-refractivity contribution >= 4 is 43.1 Å². The van der Waals surface area contributed by atoms with E-state index in [4.69, 9.17) is 20.2 Å². The molecular weight excluding hydrogens is 677 g/mol. The van der Waals surface area contributed by atoms with Crippen LogP contribution in [0.3, 0.4) is 0 Å². The molecule has 52 heavy (non-hydrogen) atoms. The predicted molar refractivity (Wildman–Crippen MR) is 214 cm³/mol. The Morgan fingerprint density at radius 3 is 1.10 bits per heavy atom. The van der Waals surface area contributed by atoms with Gasteiger partial charge in [-0.25, -0.2) is 19.3 Å². The summed E-state index contributed by atoms with van der Waals surface area (Å²) < 4.78 is 6.33. The van der Waals surface area contributed by atoms with Gasteiger partial charge in [0.05, 0.1) is 31.8 Å². The SMILES string of the molecule is c1ccc(-c2c(-c3nn(-c4ccccc4)c(-c4nc5ccccc5s4)c3-c3ccccc3)nn(-c3ccccc3)c2-c2nc3ccccc3s2)cc1. The van der Waals surface area contributed by atoms with E-state index < -0.39 is 0 Å². The maximum absolute atomic E-state index is 5.53. The van der Waals surface area contributed by atoms with E-state index in [0.717, 1.165) is 86.9 Å². The summed E-state index contributed by atoms with van der Waals surface area (Å²) >= 11 is 3.35. The maximum atomic E-state index is 5.53. The molecule has 0 fully saturated rings. The van der Waals surface area contributed by atoms with E-state index in [1.54, 1.807) is 22.7 Å². The molecular formula is C44H28N6S2. The van der Waals surface area contributed by atoms with Crippen molar-refractivity contribution in [3.05, 3.63) is 170 Å². The van der Waals surface area contributed by atoms with Gasteiger partial charge in [0.15, 0.2) is 0 Å². The number of aromatic nitrogens is 6. The molecule has 0 aliphatic carbocycles. The summed E-state index contributed by atoms with van der Waals surface area (Å²) in [6.45, 7) is 0. The first-order chi connectivity index (χ1) is 25.8. The molecule has 4 heterocycles. The molecule has 0 atom stereocenters. The summed E-state index contributed by atoms with van der Waals surface area (Å²) in [6.07, 6.45) is 0. The fraction of sp³-hybridized carbons (Fsp3) is 0. The van der Waals surface area contributed by atoms with Crippen LogP contribution in [0.5, 0.6) is 0 Å². The molecule has 0 saturated carbocycles. The number of rotatable bonds is 7. The Labute approximate surface area is 307 Å². The molecule has 6 aromatic carbocycles. The van der Waals surface area contributed by atoms with Crippen LogP contribution in [0, 0.1) is 0 Å². The summed E-state index contributed by atoms with van der Waals surface area (Å²) in [5.41, 5.74) is 11.2. The lowest BCUT2D eigenvalue weighted by Gasteiger charge is -2.09. The Balaban J connectivity index is 1.36. The van der Waals surface area contributed by atoms with Gasteiger partial charge in [0.25, 0.3) is 0 Å². The molecule has 6 nitrogen and oxygen atoms in total. The summed E-state index contributed by atoms with van der Waals surface area (Å²) in [5.74, 6) is 0. The largest absolute Gasteiger partial charge is 0.234 e. The standard InChI is InChI=1S/C44H28N6S2/c1-5-17-29(18-6-1)37-39(47-49(31-21-9-3-10-22-31)41(37)43-45-33-25-13-15-27-35(33)51-43)40-38(30-19-7-2-8-20-30)42(50(48-40)32-23-11-4-12-24-32)44-46-34-26-14-16-28-36(34)52-44/h1-28H. The Hall–Kier alpha value is -6.48. The topological polar surface area (TPSA) is 61.4 Å². The molecule has 0 unspecified atom stereocenters. The van der Waals surface area contributed by atoms with Crippen LogP contribution in [0.1, 0.15) is 0 Å². The first-order valence-electron chi connectivity index (χ1n) is 17.0. The quantitative estimate of drug-likeness (QED) is 0.166. The average Bonchev–Trinajstić information content (AvgIpc) is 4.01. The summed E-state index contributed by atoms with van der Waals surface area (Å²) in [4.78, 5) is 10.4. The fourth-order valence-corrected chi connectivity index (χ4v) is 8.78. The molecule has 0 N–H and O–H groups in total. The molecule has 0 radical (unpaired) electrons. The fourth-order valence-electron chi connectivity index (χ4n) is 6.78. The highest BCUT2D eigenvalue weighted by atomic mass is 32.1. The van der Waals surface area contributed by atoms with Gasteiger partial charge in [-0.15, -0.1) is 22.7 Å². The van der Waals surface area contributed by atoms with Gasteiger partial charge in [0.1, 0.15) is 32.8 Å². The van der Waals surface area contributed by atoms with E-state index in [1.807, 2.05) is 70.0 Å². The molecule has 0 spiro atoms. The van der Waals surface area contributed by atoms with Crippen molar-refractivity contribution in [1.29, 1.82) is 0 Å². The normalized spacial score (nSPS) is 11.5. The average molecular weight is 705 g/mol. The molecule has 0 saturated heterocycles. The van der Waals surface area contributed by atoms with Crippen LogP contribution in [-0.4, -0.2) is 29.5 Å². The van der Waals surface area contributed by atoms with Crippen LogP contribution in [0.15, 0.2) is 170 Å². The van der Waals surface area contributed by atoms with Crippen LogP contribution in [0.4, 0.5) is 0 Å². The van der Waals surface area contributed by atoms with E-state index in [9.17, 15) is 0 Å². The minimum absolute atomic E-state index is 0.764. The highest BCUT2D eigenvalue weighted by molar-refractivity contribution is 7.22. The van der Waals surface area contributed by atoms with E-state index in [0.29, 0.717) is 0 Å². The zero-order valence-electron chi connectivity index (χ0n) is 27.7. The Bertz CT molecular complexity index is 2570. The van der Waals surface area contributed by atoms with Crippen molar-refractivity contribution < 1.29 is 0 Å². The van der Waals surface area contributed by atoms with Crippen molar-refractivity contribution in [1.82, 2.24) is 29.5 Å². The van der Waals surface area contributed by atoms with Gasteiger partial charge in [-0.2, -0.15) is 10.2 Å². The van der Waals surface area contributed by atoms with Gasteiger partial charge in [0, 0.05) is 11.1 Å². The second-order valence-corrected chi connectivity index (χ2v) is 14.4. The summed E-state index contributed by atoms with van der Waals surface area (Å²) in [5, 5.41) is 12.8. The number of hydrogen-bond donors (Lipinski definition) is 0. The number of benzene rings is 6. The second kappa shape index (κ2) is 12.7. The Morgan fingerprint density at radius 1 is 0.365 bits per heavy atom. The monoisotopic (exact) mass is 704 g/mol. The van der Waals surface area contributed by atoms with Crippen molar-refractivity contribution in [2.45, 2.75) is 0 Å². The Morgan fingerprint density at radius 2 is 0.712 bits per heavy atom. The van der Waals surface area contributed by atoms with Crippen molar-refractivity contribution in [3.8, 4) is 66.4 Å². The van der Waals surface area contributed by atoms with Gasteiger partial charge in [0.2, 0.25) is 0 Å². The zero-order chi connectivity index (χ0) is 34.4. The van der Waals surface area contributed by atoms with Crippen LogP contribution < -0.4 is 0 Å². The third-order valence-corrected chi connectivity index (χ3v) is 11.2. The van der Waals surface area contributed by atoms with Crippen LogP contribution in [0.25, 0.3) is 86.9 Å². The van der Waals surface area contributed by atoms with E-state index >= 15 is 0 Å². The molecule has 0 aliphatic rings. The number of para-hydroxylation sites is 4. The van der Waals surface area contributed by atoms with Crippen molar-refractivity contribution in [3.63, 3.8) is 0 Å². The van der Waals surface area contributed by atoms with E-state index in [-0.39, 0.29) is 0 Å². The highest BCUT2D eigenvalue weighted by Crippen LogP contribution is 2.48. The first-order valence-corrected chi connectivity index (χ1v) is 18.6. The van der Waals surface area contributed by atoms with Crippen molar-refractivity contribution in [2.24, 2.45) is 0 Å². The lowest BCUT2D eigenvalue weighted by atomic mass is 9.96. The number of fused-ring (bicyclic) bond motifs is 2. The lowest BCUT2D eigenvalue weighted by Crippen LogP contribution is -1.99. The van der Waals surface area contributed by atoms with E-state index in [2.05, 4.69) is 109 Å². The number of hydrogen-bond acceptors (Lipinski definition) is 6. The molecule has 10 rings (SSSR count). The number of thiazole rings is 2. The molecule has 0 amide bonds. The maximum Gasteiger partial charge on any atom is 0.143 e. The Kier molecular flexibility index (Phi) is 7.41. The van der Waals surface area contributed by atoms with E-state index in [1.165, 1.54) is 0 Å². The third kappa shape index (κ3) is 5.16. The van der Waals surface area contributed by atoms with Gasteiger partial charge in [-0.3, -0.25) is 0 Å². The smallest absolute Gasteiger partial charge is 0.143 e. The van der Waals surface area contributed by atoms with Gasteiger partial charge >= 0.3 is 0 Å². The molecule has 246 valence electrons. The first kappa shape index (κ1) is 30.4. The number of nitrogens with zero attached hydrogens (tertiary/aromatic N) is 6. The lowest BCUT2D eigenvalue weighted by molar-refractivity contribution is 0.870. The van der Waals surface area contributed by atoms with Gasteiger partial charge < -0.3 is 0 Å². The minimum atomic E-state index is 0.764. The van der Waals surface area contributed by atoms with Crippen LogP contribution >= 0.6 is 22.7 Å². The van der Waals surface area contributed by atoms with Crippen molar-refractivity contribution in [2.75, 3.05) is 0 Å². The summed E-state index contributed by atoms with van der Waals surface area (Å²) in [7, 11) is 0. The molecule has 10 aromatic rings.